The van der Waals surface area contributed by atoms with E-state index in [4.69, 9.17) is 0 Å². The van der Waals surface area contributed by atoms with Gasteiger partial charge in [0.05, 0.1) is 0 Å². The van der Waals surface area contributed by atoms with Gasteiger partial charge in [0.25, 0.3) is 0 Å². The summed E-state index contributed by atoms with van der Waals surface area (Å²) in [6, 6.07) is 15.5. The minimum Gasteiger partial charge on any atom is -0.140 e. The first-order valence-corrected chi connectivity index (χ1v) is 7.73. The standard InChI is InChI=1S/C19H18S/c1-4-5-17-14(3)20-19-11-10-16(12-18(17)19)15-8-6-13(2)7-9-15/h4-12H,1-3H3/b5-4-. The Bertz CT molecular complexity index is 773. The molecule has 0 unspecified atom stereocenters. The van der Waals surface area contributed by atoms with Gasteiger partial charge in [0.2, 0.25) is 0 Å². The molecule has 0 amide bonds. The molecule has 1 aromatic heterocycles. The molecule has 0 N–H and O–H groups in total. The van der Waals surface area contributed by atoms with E-state index in [0.29, 0.717) is 0 Å². The van der Waals surface area contributed by atoms with E-state index in [-0.39, 0.29) is 0 Å². The third-order valence-corrected chi connectivity index (χ3v) is 4.73. The molecule has 0 aliphatic rings. The zero-order chi connectivity index (χ0) is 14.1. The van der Waals surface area contributed by atoms with Gasteiger partial charge in [-0.1, -0.05) is 48.0 Å². The second-order valence-electron chi connectivity index (χ2n) is 5.15. The van der Waals surface area contributed by atoms with Gasteiger partial charge in [0.15, 0.2) is 0 Å². The Hall–Kier alpha value is -1.86. The summed E-state index contributed by atoms with van der Waals surface area (Å²) in [6.45, 7) is 6.40. The molecule has 0 aliphatic heterocycles. The van der Waals surface area contributed by atoms with E-state index in [0.717, 1.165) is 0 Å². The molecule has 100 valence electrons. The molecule has 2 aromatic carbocycles. The highest BCUT2D eigenvalue weighted by atomic mass is 32.1. The highest BCUT2D eigenvalue weighted by Gasteiger charge is 2.08. The van der Waals surface area contributed by atoms with Gasteiger partial charge in [0, 0.05) is 15.0 Å². The van der Waals surface area contributed by atoms with Crippen LogP contribution >= 0.6 is 11.3 Å². The Kier molecular flexibility index (Phi) is 3.45. The van der Waals surface area contributed by atoms with Crippen molar-refractivity contribution >= 4 is 27.5 Å². The summed E-state index contributed by atoms with van der Waals surface area (Å²) >= 11 is 1.87. The van der Waals surface area contributed by atoms with Crippen molar-refractivity contribution in [2.45, 2.75) is 20.8 Å². The highest BCUT2D eigenvalue weighted by molar-refractivity contribution is 7.19. The molecule has 1 heterocycles. The minimum atomic E-state index is 1.28. The fourth-order valence-corrected chi connectivity index (χ4v) is 3.57. The van der Waals surface area contributed by atoms with Gasteiger partial charge in [-0.2, -0.15) is 0 Å². The van der Waals surface area contributed by atoms with Crippen LogP contribution in [0.15, 0.2) is 48.5 Å². The molecule has 20 heavy (non-hydrogen) atoms. The molecule has 0 radical (unpaired) electrons. The average molecular weight is 278 g/mol. The van der Waals surface area contributed by atoms with Gasteiger partial charge in [0.1, 0.15) is 0 Å². The Labute approximate surface area is 124 Å². The molecular formula is C19H18S. The SMILES string of the molecule is C/C=C\c1c(C)sc2ccc(-c3ccc(C)cc3)cc12. The lowest BCUT2D eigenvalue weighted by molar-refractivity contribution is 1.47. The predicted molar refractivity (Wildman–Crippen MR) is 91.4 cm³/mol. The zero-order valence-corrected chi connectivity index (χ0v) is 12.9. The van der Waals surface area contributed by atoms with E-state index in [1.165, 1.54) is 37.2 Å². The van der Waals surface area contributed by atoms with Crippen molar-refractivity contribution in [1.29, 1.82) is 0 Å². The van der Waals surface area contributed by atoms with E-state index < -0.39 is 0 Å². The van der Waals surface area contributed by atoms with Crippen LogP contribution < -0.4 is 0 Å². The average Bonchev–Trinajstić information content (AvgIpc) is 2.76. The smallest absolute Gasteiger partial charge is 0.0352 e. The lowest BCUT2D eigenvalue weighted by Crippen LogP contribution is -1.79. The first-order chi connectivity index (χ1) is 9.69. The van der Waals surface area contributed by atoms with Gasteiger partial charge >= 0.3 is 0 Å². The Morgan fingerprint density at radius 1 is 0.900 bits per heavy atom. The van der Waals surface area contributed by atoms with Crippen LogP contribution in [0.4, 0.5) is 0 Å². The van der Waals surface area contributed by atoms with Crippen LogP contribution in [0, 0.1) is 13.8 Å². The molecule has 0 aliphatic carbocycles. The third kappa shape index (κ3) is 2.30. The van der Waals surface area contributed by atoms with E-state index in [1.54, 1.807) is 0 Å². The van der Waals surface area contributed by atoms with Crippen LogP contribution in [0.25, 0.3) is 27.3 Å². The maximum Gasteiger partial charge on any atom is 0.0352 e. The van der Waals surface area contributed by atoms with Crippen LogP contribution in [-0.2, 0) is 0 Å². The zero-order valence-electron chi connectivity index (χ0n) is 12.1. The molecule has 0 saturated heterocycles. The van der Waals surface area contributed by atoms with Crippen LogP contribution in [0.1, 0.15) is 22.9 Å². The van der Waals surface area contributed by atoms with Crippen molar-refractivity contribution in [2.75, 3.05) is 0 Å². The molecule has 0 bridgehead atoms. The second kappa shape index (κ2) is 5.26. The summed E-state index contributed by atoms with van der Waals surface area (Å²) in [5, 5.41) is 1.36. The first-order valence-electron chi connectivity index (χ1n) is 6.92. The summed E-state index contributed by atoms with van der Waals surface area (Å²) < 4.78 is 1.37. The minimum absolute atomic E-state index is 1.28. The monoisotopic (exact) mass is 278 g/mol. The summed E-state index contributed by atoms with van der Waals surface area (Å²) in [7, 11) is 0. The quantitative estimate of drug-likeness (QED) is 0.522. The van der Waals surface area contributed by atoms with Gasteiger partial charge in [-0.25, -0.2) is 0 Å². The lowest BCUT2D eigenvalue weighted by atomic mass is 10.0. The van der Waals surface area contributed by atoms with Crippen molar-refractivity contribution in [3.63, 3.8) is 0 Å². The Morgan fingerprint density at radius 2 is 1.60 bits per heavy atom. The normalized spacial score (nSPS) is 11.6. The maximum absolute atomic E-state index is 2.32. The fraction of sp³-hybridized carbons (Fsp3) is 0.158. The fourth-order valence-electron chi connectivity index (χ4n) is 2.54. The van der Waals surface area contributed by atoms with Crippen molar-refractivity contribution in [3.8, 4) is 11.1 Å². The number of hydrogen-bond acceptors (Lipinski definition) is 1. The molecule has 1 heteroatoms. The highest BCUT2D eigenvalue weighted by Crippen LogP contribution is 2.34. The van der Waals surface area contributed by atoms with E-state index in [2.05, 4.69) is 75.4 Å². The number of fused-ring (bicyclic) bond motifs is 1. The molecule has 3 aromatic rings. The molecule has 0 saturated carbocycles. The van der Waals surface area contributed by atoms with Crippen molar-refractivity contribution < 1.29 is 0 Å². The van der Waals surface area contributed by atoms with Crippen LogP contribution in [0.2, 0.25) is 0 Å². The maximum atomic E-state index is 2.32. The van der Waals surface area contributed by atoms with E-state index in [1.807, 2.05) is 11.3 Å². The predicted octanol–water partition coefficient (Wildman–Crippen LogP) is 6.22. The summed E-state index contributed by atoms with van der Waals surface area (Å²) in [6.07, 6.45) is 4.33. The van der Waals surface area contributed by atoms with Gasteiger partial charge in [-0.15, -0.1) is 11.3 Å². The summed E-state index contributed by atoms with van der Waals surface area (Å²) in [5.74, 6) is 0. The first kappa shape index (κ1) is 13.1. The lowest BCUT2D eigenvalue weighted by Gasteiger charge is -2.03. The molecule has 0 nitrogen and oxygen atoms in total. The van der Waals surface area contributed by atoms with Crippen LogP contribution in [-0.4, -0.2) is 0 Å². The van der Waals surface area contributed by atoms with Gasteiger partial charge < -0.3 is 0 Å². The summed E-state index contributed by atoms with van der Waals surface area (Å²) in [5.41, 5.74) is 5.24. The van der Waals surface area contributed by atoms with E-state index in [9.17, 15) is 0 Å². The van der Waals surface area contributed by atoms with E-state index >= 15 is 0 Å². The number of aryl methyl sites for hydroxylation is 2. The molecule has 0 atom stereocenters. The van der Waals surface area contributed by atoms with Crippen molar-refractivity contribution in [3.05, 3.63) is 64.5 Å². The van der Waals surface area contributed by atoms with Gasteiger partial charge in [-0.05, 0) is 49.6 Å². The Balaban J connectivity index is 2.18. The molecule has 0 spiro atoms. The van der Waals surface area contributed by atoms with Crippen LogP contribution in [0.3, 0.4) is 0 Å². The number of allylic oxidation sites excluding steroid dienone is 1. The Morgan fingerprint density at radius 3 is 2.30 bits per heavy atom. The largest absolute Gasteiger partial charge is 0.140 e. The molecular weight excluding hydrogens is 260 g/mol. The number of hydrogen-bond donors (Lipinski definition) is 0. The third-order valence-electron chi connectivity index (χ3n) is 3.63. The van der Waals surface area contributed by atoms with Crippen molar-refractivity contribution in [2.24, 2.45) is 0 Å². The summed E-state index contributed by atoms with van der Waals surface area (Å²) in [4.78, 5) is 1.39. The van der Waals surface area contributed by atoms with Crippen LogP contribution in [0.5, 0.6) is 0 Å². The number of thiophene rings is 1. The topological polar surface area (TPSA) is 0 Å². The van der Waals surface area contributed by atoms with Crippen molar-refractivity contribution in [1.82, 2.24) is 0 Å². The number of benzene rings is 2. The number of rotatable bonds is 2. The van der Waals surface area contributed by atoms with Gasteiger partial charge in [-0.3, -0.25) is 0 Å². The molecule has 3 rings (SSSR count). The second-order valence-corrected chi connectivity index (χ2v) is 6.41. The molecule has 0 fully saturated rings.